The van der Waals surface area contributed by atoms with E-state index < -0.39 is 5.97 Å². The van der Waals surface area contributed by atoms with Crippen LogP contribution in [0.25, 0.3) is 0 Å². The van der Waals surface area contributed by atoms with Crippen LogP contribution in [0, 0.1) is 0 Å². The van der Waals surface area contributed by atoms with Crippen LogP contribution in [-0.2, 0) is 0 Å². The summed E-state index contributed by atoms with van der Waals surface area (Å²) in [5.74, 6) is -0.539. The minimum atomic E-state index is -0.991. The topological polar surface area (TPSA) is 62.2 Å². The molecule has 6 heteroatoms. The van der Waals surface area contributed by atoms with E-state index in [1.807, 2.05) is 6.07 Å². The molecule has 0 bridgehead atoms. The minimum Gasteiger partial charge on any atom is -0.478 e. The number of aromatic nitrogens is 1. The van der Waals surface area contributed by atoms with E-state index in [1.54, 1.807) is 12.1 Å². The Morgan fingerprint density at radius 1 is 1.33 bits per heavy atom. The fraction of sp³-hybridized carbons (Fsp3) is 0. The lowest BCUT2D eigenvalue weighted by molar-refractivity contribution is 0.0697. The molecule has 0 fully saturated rings. The first-order chi connectivity index (χ1) is 8.56. The second kappa shape index (κ2) is 5.37. The van der Waals surface area contributed by atoms with Gasteiger partial charge in [-0.25, -0.2) is 9.78 Å². The van der Waals surface area contributed by atoms with Crippen LogP contribution in [0.3, 0.4) is 0 Å². The third kappa shape index (κ3) is 3.00. The number of hydrogen-bond donors (Lipinski definition) is 2. The summed E-state index contributed by atoms with van der Waals surface area (Å²) in [7, 11) is 0. The van der Waals surface area contributed by atoms with E-state index in [4.69, 9.17) is 16.7 Å². The van der Waals surface area contributed by atoms with Gasteiger partial charge in [0.25, 0.3) is 0 Å². The number of carboxylic acids is 1. The number of anilines is 2. The Morgan fingerprint density at radius 2 is 2.11 bits per heavy atom. The maximum absolute atomic E-state index is 10.8. The highest BCUT2D eigenvalue weighted by Crippen LogP contribution is 2.26. The summed E-state index contributed by atoms with van der Waals surface area (Å²) < 4.78 is 0.793. The summed E-state index contributed by atoms with van der Waals surface area (Å²) in [6.07, 6.45) is 1.44. The second-order valence-electron chi connectivity index (χ2n) is 3.49. The van der Waals surface area contributed by atoms with E-state index in [2.05, 4.69) is 26.2 Å². The molecule has 0 saturated heterocycles. The van der Waals surface area contributed by atoms with E-state index in [-0.39, 0.29) is 5.56 Å². The maximum Gasteiger partial charge on any atom is 0.335 e. The van der Waals surface area contributed by atoms with Crippen molar-refractivity contribution in [1.82, 2.24) is 4.98 Å². The molecule has 2 aromatic rings. The fourth-order valence-corrected chi connectivity index (χ4v) is 1.78. The number of benzene rings is 1. The Morgan fingerprint density at radius 3 is 2.78 bits per heavy atom. The first kappa shape index (κ1) is 12.9. The zero-order valence-corrected chi connectivity index (χ0v) is 11.4. The lowest BCUT2D eigenvalue weighted by atomic mass is 10.2. The predicted molar refractivity (Wildman–Crippen MR) is 73.6 cm³/mol. The van der Waals surface area contributed by atoms with Gasteiger partial charge in [0.1, 0.15) is 5.82 Å². The first-order valence-electron chi connectivity index (χ1n) is 4.97. The molecule has 0 aliphatic carbocycles. The Kier molecular flexibility index (Phi) is 3.84. The van der Waals surface area contributed by atoms with E-state index in [0.717, 1.165) is 10.2 Å². The number of carbonyl (C=O) groups is 1. The van der Waals surface area contributed by atoms with E-state index in [0.29, 0.717) is 10.8 Å². The zero-order valence-electron chi connectivity index (χ0n) is 9.02. The number of pyridine rings is 1. The molecule has 0 aliphatic rings. The number of rotatable bonds is 3. The van der Waals surface area contributed by atoms with E-state index in [1.165, 1.54) is 18.3 Å². The number of nitrogens with one attached hydrogen (secondary N) is 1. The minimum absolute atomic E-state index is 0.177. The van der Waals surface area contributed by atoms with Crippen molar-refractivity contribution >= 4 is 45.0 Å². The van der Waals surface area contributed by atoms with Crippen LogP contribution in [0.2, 0.25) is 5.02 Å². The number of halogens is 2. The quantitative estimate of drug-likeness (QED) is 0.896. The van der Waals surface area contributed by atoms with Crippen molar-refractivity contribution in [2.75, 3.05) is 5.32 Å². The number of nitrogens with zero attached hydrogens (tertiary/aromatic N) is 1. The van der Waals surface area contributed by atoms with Crippen molar-refractivity contribution in [3.05, 3.63) is 51.6 Å². The molecule has 1 heterocycles. The van der Waals surface area contributed by atoms with Gasteiger partial charge in [-0.1, -0.05) is 11.6 Å². The molecular formula is C12H8BrClN2O2. The molecule has 1 aromatic carbocycles. The molecule has 0 amide bonds. The lowest BCUT2D eigenvalue weighted by Gasteiger charge is -2.07. The highest BCUT2D eigenvalue weighted by Gasteiger charge is 2.05. The van der Waals surface area contributed by atoms with Gasteiger partial charge in [-0.3, -0.25) is 0 Å². The average molecular weight is 328 g/mol. The third-order valence-corrected chi connectivity index (χ3v) is 3.43. The Bertz CT molecular complexity index is 604. The summed E-state index contributed by atoms with van der Waals surface area (Å²) in [6.45, 7) is 0. The summed E-state index contributed by atoms with van der Waals surface area (Å²) in [5, 5.41) is 12.4. The number of hydrogen-bond acceptors (Lipinski definition) is 3. The fourth-order valence-electron chi connectivity index (χ4n) is 1.35. The van der Waals surface area contributed by atoms with E-state index >= 15 is 0 Å². The van der Waals surface area contributed by atoms with Crippen LogP contribution < -0.4 is 5.32 Å². The molecule has 0 saturated carbocycles. The highest BCUT2D eigenvalue weighted by molar-refractivity contribution is 9.10. The zero-order chi connectivity index (χ0) is 13.1. The van der Waals surface area contributed by atoms with Gasteiger partial charge < -0.3 is 10.4 Å². The van der Waals surface area contributed by atoms with Gasteiger partial charge in [-0.2, -0.15) is 0 Å². The SMILES string of the molecule is O=C(O)c1ccnc(Nc2ccc(Br)c(Cl)c2)c1. The molecule has 0 unspecified atom stereocenters. The number of carboxylic acid groups (broad SMARTS) is 1. The Labute approximate surface area is 117 Å². The molecule has 0 spiro atoms. The van der Waals surface area contributed by atoms with Crippen molar-refractivity contribution in [1.29, 1.82) is 0 Å². The van der Waals surface area contributed by atoms with Crippen molar-refractivity contribution in [2.24, 2.45) is 0 Å². The highest BCUT2D eigenvalue weighted by atomic mass is 79.9. The van der Waals surface area contributed by atoms with E-state index in [9.17, 15) is 4.79 Å². The van der Waals surface area contributed by atoms with Gasteiger partial charge >= 0.3 is 5.97 Å². The van der Waals surface area contributed by atoms with Crippen molar-refractivity contribution in [3.63, 3.8) is 0 Å². The van der Waals surface area contributed by atoms with Gasteiger partial charge in [-0.05, 0) is 46.3 Å². The van der Waals surface area contributed by atoms with Gasteiger partial charge in [0.15, 0.2) is 0 Å². The van der Waals surface area contributed by atoms with Crippen molar-refractivity contribution in [2.45, 2.75) is 0 Å². The summed E-state index contributed by atoms with van der Waals surface area (Å²) in [4.78, 5) is 14.9. The standard InChI is InChI=1S/C12H8BrClN2O2/c13-9-2-1-8(6-10(9)14)16-11-5-7(12(17)18)3-4-15-11/h1-6H,(H,15,16)(H,17,18). The van der Waals surface area contributed by atoms with Crippen LogP contribution in [0.1, 0.15) is 10.4 Å². The molecule has 92 valence electrons. The van der Waals surface area contributed by atoms with Crippen molar-refractivity contribution < 1.29 is 9.90 Å². The second-order valence-corrected chi connectivity index (χ2v) is 4.75. The number of aromatic carboxylic acids is 1. The van der Waals surface area contributed by atoms with Gasteiger partial charge in [0.05, 0.1) is 10.6 Å². The van der Waals surface area contributed by atoms with Crippen molar-refractivity contribution in [3.8, 4) is 0 Å². The first-order valence-corrected chi connectivity index (χ1v) is 6.15. The molecule has 2 rings (SSSR count). The van der Waals surface area contributed by atoms with Crippen LogP contribution in [0.15, 0.2) is 41.0 Å². The molecule has 4 nitrogen and oxygen atoms in total. The van der Waals surface area contributed by atoms with Crippen LogP contribution in [0.5, 0.6) is 0 Å². The van der Waals surface area contributed by atoms with Crippen LogP contribution in [0.4, 0.5) is 11.5 Å². The maximum atomic E-state index is 10.8. The molecule has 1 aromatic heterocycles. The van der Waals surface area contributed by atoms with Gasteiger partial charge in [-0.15, -0.1) is 0 Å². The third-order valence-electron chi connectivity index (χ3n) is 2.20. The Balaban J connectivity index is 2.25. The molecular weight excluding hydrogens is 320 g/mol. The average Bonchev–Trinajstić information content (AvgIpc) is 2.34. The molecule has 0 atom stereocenters. The van der Waals surface area contributed by atoms with Gasteiger partial charge in [0.2, 0.25) is 0 Å². The smallest absolute Gasteiger partial charge is 0.335 e. The molecule has 0 radical (unpaired) electrons. The molecule has 18 heavy (non-hydrogen) atoms. The Hall–Kier alpha value is -1.59. The van der Waals surface area contributed by atoms with Crippen LogP contribution in [-0.4, -0.2) is 16.1 Å². The predicted octanol–water partition coefficient (Wildman–Crippen LogP) is 3.94. The van der Waals surface area contributed by atoms with Crippen LogP contribution >= 0.6 is 27.5 Å². The van der Waals surface area contributed by atoms with Gasteiger partial charge in [0, 0.05) is 16.4 Å². The monoisotopic (exact) mass is 326 g/mol. The molecule has 0 aliphatic heterocycles. The summed E-state index contributed by atoms with van der Waals surface area (Å²) >= 11 is 9.25. The summed E-state index contributed by atoms with van der Waals surface area (Å²) in [6, 6.07) is 8.22. The lowest BCUT2D eigenvalue weighted by Crippen LogP contribution is -1.99. The molecule has 2 N–H and O–H groups in total. The largest absolute Gasteiger partial charge is 0.478 e. The summed E-state index contributed by atoms with van der Waals surface area (Å²) in [5.41, 5.74) is 0.911. The normalized spacial score (nSPS) is 10.1.